The predicted octanol–water partition coefficient (Wildman–Crippen LogP) is -5.40. The van der Waals surface area contributed by atoms with Crippen molar-refractivity contribution in [2.45, 2.75) is 0 Å². The molecule has 0 aliphatic heterocycles. The molecule has 0 unspecified atom stereocenters. The van der Waals surface area contributed by atoms with Crippen molar-refractivity contribution in [3.8, 4) is 0 Å². The smallest absolute Gasteiger partial charge is 1.00 e. The number of rotatable bonds is 0. The molecule has 0 spiro atoms. The van der Waals surface area contributed by atoms with Crippen molar-refractivity contribution < 1.29 is 35.8 Å². The molecular formula is HBrLiPS. The largest absolute Gasteiger partial charge is 1.00 e. The summed E-state index contributed by atoms with van der Waals surface area (Å²) in [5, 5.41) is 0. The van der Waals surface area contributed by atoms with Crippen LogP contribution in [-0.2, 0) is 11.8 Å². The van der Waals surface area contributed by atoms with Crippen LogP contribution >= 0.6 is 8.02 Å². The zero-order valence-corrected chi connectivity index (χ0v) is 5.69. The molecule has 0 saturated heterocycles. The van der Waals surface area contributed by atoms with Crippen LogP contribution in [0.5, 0.6) is 0 Å². The third-order valence-electron chi connectivity index (χ3n) is 0. The number of halogens is 1. The fraction of sp³-hybridized carbons (Fsp3) is 0. The minimum Gasteiger partial charge on any atom is -1.00 e. The average molecular weight is 151 g/mol. The van der Waals surface area contributed by atoms with E-state index in [-0.39, 0.29) is 35.8 Å². The van der Waals surface area contributed by atoms with Crippen molar-refractivity contribution in [3.05, 3.63) is 0 Å². The number of hydrogen-bond donors (Lipinski definition) is 0. The van der Waals surface area contributed by atoms with E-state index in [0.717, 1.165) is 0 Å². The Labute approximate surface area is 55.5 Å². The summed E-state index contributed by atoms with van der Waals surface area (Å²) in [5.41, 5.74) is 0. The molecule has 20 valence electrons. The van der Waals surface area contributed by atoms with Crippen LogP contribution in [0, 0.1) is 0 Å². The van der Waals surface area contributed by atoms with E-state index in [9.17, 15) is 0 Å². The summed E-state index contributed by atoms with van der Waals surface area (Å²) in [6.07, 6.45) is 0. The van der Waals surface area contributed by atoms with Crippen LogP contribution in [0.3, 0.4) is 0 Å². The predicted molar refractivity (Wildman–Crippen MR) is 15.7 cm³/mol. The molecule has 0 aromatic heterocycles. The molecule has 0 radical (unpaired) electrons. The minimum atomic E-state index is 0. The fourth-order valence-electron chi connectivity index (χ4n) is 0. The van der Waals surface area contributed by atoms with Gasteiger partial charge in [0.1, 0.15) is 0 Å². The molecule has 0 N–H and O–H groups in total. The molecule has 0 heterocycles. The molecule has 0 saturated carbocycles. The minimum absolute atomic E-state index is 0. The first-order valence-electron chi connectivity index (χ1n) is 0.204. The van der Waals surface area contributed by atoms with E-state index < -0.39 is 0 Å². The molecule has 0 nitrogen and oxygen atoms in total. The maximum atomic E-state index is 3.89. The second-order valence-electron chi connectivity index (χ2n) is 0. The van der Waals surface area contributed by atoms with E-state index in [2.05, 4.69) is 19.8 Å². The Morgan fingerprint density at radius 1 is 1.25 bits per heavy atom. The summed E-state index contributed by atoms with van der Waals surface area (Å²) in [5.74, 6) is 0. The van der Waals surface area contributed by atoms with E-state index >= 15 is 0 Å². The standard InChI is InChI=1S/BrH.Li.HPS/c;;1-2/h1H;;1H/q;+1;/p-1. The Balaban J connectivity index is -0.00000000500. The zero-order valence-electron chi connectivity index (χ0n) is 2.29. The van der Waals surface area contributed by atoms with E-state index in [1.165, 1.54) is 0 Å². The summed E-state index contributed by atoms with van der Waals surface area (Å²) < 4.78 is 0. The van der Waals surface area contributed by atoms with E-state index in [0.29, 0.717) is 0 Å². The molecule has 0 aromatic carbocycles. The van der Waals surface area contributed by atoms with Gasteiger partial charge in [0.25, 0.3) is 0 Å². The van der Waals surface area contributed by atoms with Crippen LogP contribution in [0.2, 0.25) is 0 Å². The van der Waals surface area contributed by atoms with Gasteiger partial charge >= 0.3 is 18.9 Å². The summed E-state index contributed by atoms with van der Waals surface area (Å²) in [7, 11) is 2.56. The third-order valence-corrected chi connectivity index (χ3v) is 0. The van der Waals surface area contributed by atoms with E-state index in [1.54, 1.807) is 0 Å². The van der Waals surface area contributed by atoms with E-state index in [1.807, 2.05) is 0 Å². The van der Waals surface area contributed by atoms with Crippen molar-refractivity contribution in [3.63, 3.8) is 0 Å². The van der Waals surface area contributed by atoms with Gasteiger partial charge in [-0.15, -0.1) is 0 Å². The second kappa shape index (κ2) is 23.3. The monoisotopic (exact) mass is 150 g/mol. The first-order chi connectivity index (χ1) is 1.00. The molecule has 4 heavy (non-hydrogen) atoms. The van der Waals surface area contributed by atoms with Gasteiger partial charge < -0.3 is 17.0 Å². The Morgan fingerprint density at radius 3 is 1.25 bits per heavy atom. The van der Waals surface area contributed by atoms with Crippen molar-refractivity contribution in [2.75, 3.05) is 0 Å². The van der Waals surface area contributed by atoms with Gasteiger partial charge in [-0.05, 0) is 8.02 Å². The molecule has 0 amide bonds. The van der Waals surface area contributed by atoms with Gasteiger partial charge in [0.15, 0.2) is 0 Å². The van der Waals surface area contributed by atoms with Crippen LogP contribution in [0.4, 0.5) is 0 Å². The first kappa shape index (κ1) is 17.5. The van der Waals surface area contributed by atoms with Gasteiger partial charge in [-0.3, -0.25) is 0 Å². The molecule has 0 atom stereocenters. The van der Waals surface area contributed by atoms with E-state index in [4.69, 9.17) is 0 Å². The molecule has 0 aliphatic carbocycles. The molecule has 0 bridgehead atoms. The molecular weight excluding hydrogens is 150 g/mol. The van der Waals surface area contributed by atoms with Crippen molar-refractivity contribution in [1.82, 2.24) is 0 Å². The molecule has 0 fully saturated rings. The Kier molecular flexibility index (Phi) is 102. The molecule has 0 aliphatic rings. The molecule has 0 rings (SSSR count). The van der Waals surface area contributed by atoms with Crippen LogP contribution in [0.15, 0.2) is 0 Å². The van der Waals surface area contributed by atoms with Gasteiger partial charge in [0.05, 0.1) is 0 Å². The van der Waals surface area contributed by atoms with Gasteiger partial charge in [-0.25, -0.2) is 0 Å². The second-order valence-corrected chi connectivity index (χ2v) is 0. The van der Waals surface area contributed by atoms with Gasteiger partial charge in [-0.1, -0.05) is 11.8 Å². The van der Waals surface area contributed by atoms with Crippen LogP contribution in [0.25, 0.3) is 0 Å². The SMILES string of the molecule is P=S.[Br-].[Li+]. The van der Waals surface area contributed by atoms with Crippen molar-refractivity contribution in [1.29, 1.82) is 0 Å². The Hall–Kier alpha value is 1.60. The third kappa shape index (κ3) is 9.51. The van der Waals surface area contributed by atoms with Crippen LogP contribution < -0.4 is 35.8 Å². The quantitative estimate of drug-likeness (QED) is 0.246. The van der Waals surface area contributed by atoms with Gasteiger partial charge in [0, 0.05) is 0 Å². The van der Waals surface area contributed by atoms with Gasteiger partial charge in [-0.2, -0.15) is 0 Å². The average Bonchev–Trinajstić information content (AvgIpc) is 1.00. The Morgan fingerprint density at radius 2 is 1.25 bits per heavy atom. The summed E-state index contributed by atoms with van der Waals surface area (Å²) in [6.45, 7) is 0. The van der Waals surface area contributed by atoms with Gasteiger partial charge in [0.2, 0.25) is 0 Å². The molecule has 0 aromatic rings. The first-order valence-corrected chi connectivity index (χ1v) is 1.84. The summed E-state index contributed by atoms with van der Waals surface area (Å²) in [4.78, 5) is 0. The Bertz CT molecular complexity index is 8.00. The zero-order chi connectivity index (χ0) is 2.00. The summed E-state index contributed by atoms with van der Waals surface area (Å²) >= 11 is 3.89. The maximum absolute atomic E-state index is 3.89. The van der Waals surface area contributed by atoms with Crippen molar-refractivity contribution >= 4 is 19.8 Å². The molecule has 4 heteroatoms. The maximum Gasteiger partial charge on any atom is 1.00 e. The summed E-state index contributed by atoms with van der Waals surface area (Å²) in [6, 6.07) is 0. The van der Waals surface area contributed by atoms with Crippen molar-refractivity contribution in [2.24, 2.45) is 0 Å². The van der Waals surface area contributed by atoms with Crippen LogP contribution in [0.1, 0.15) is 0 Å². The normalized spacial score (nSPS) is 1.00. The fourth-order valence-corrected chi connectivity index (χ4v) is 0. The van der Waals surface area contributed by atoms with Crippen LogP contribution in [-0.4, -0.2) is 0 Å². The number of hydrogen-bond acceptors (Lipinski definition) is 1. The topological polar surface area (TPSA) is 0 Å².